The van der Waals surface area contributed by atoms with Gasteiger partial charge in [-0.2, -0.15) is 0 Å². The average Bonchev–Trinajstić information content (AvgIpc) is 2.79. The van der Waals surface area contributed by atoms with Gasteiger partial charge in [0.1, 0.15) is 0 Å². The summed E-state index contributed by atoms with van der Waals surface area (Å²) in [5.74, 6) is -0.310. The monoisotopic (exact) mass is 270 g/mol. The van der Waals surface area contributed by atoms with E-state index in [0.29, 0.717) is 17.5 Å². The summed E-state index contributed by atoms with van der Waals surface area (Å²) >= 11 is 0. The Bertz CT molecular complexity index is 665. The Balaban J connectivity index is 1.92. The molecule has 2 aliphatic carbocycles. The van der Waals surface area contributed by atoms with Gasteiger partial charge in [0.2, 0.25) is 11.8 Å². The maximum atomic E-state index is 12.6. The summed E-state index contributed by atoms with van der Waals surface area (Å²) in [6, 6.07) is 6.28. The minimum absolute atomic E-state index is 0.0457. The smallest absolute Gasteiger partial charge is 0.290 e. The van der Waals surface area contributed by atoms with E-state index in [1.54, 1.807) is 24.3 Å². The molecule has 1 aliphatic heterocycles. The SMILES string of the molecule is O=C1C2=C(c3ccccc31)[N+](=O)[C@H]1CCCC[C@@H]1N2[O-]. The Morgan fingerprint density at radius 1 is 1.15 bits per heavy atom. The van der Waals surface area contributed by atoms with Gasteiger partial charge in [0.25, 0.3) is 5.70 Å². The van der Waals surface area contributed by atoms with Crippen LogP contribution in [0.5, 0.6) is 0 Å². The topological polar surface area (TPSA) is 63.5 Å². The van der Waals surface area contributed by atoms with Crippen molar-refractivity contribution in [2.45, 2.75) is 37.8 Å². The van der Waals surface area contributed by atoms with Gasteiger partial charge in [-0.1, -0.05) is 24.6 Å². The average molecular weight is 270 g/mol. The fourth-order valence-corrected chi connectivity index (χ4v) is 3.65. The molecule has 0 saturated heterocycles. The number of hydrogen-bond donors (Lipinski definition) is 0. The first-order valence-electron chi connectivity index (χ1n) is 7.01. The lowest BCUT2D eigenvalue weighted by Gasteiger charge is -2.44. The van der Waals surface area contributed by atoms with Gasteiger partial charge in [0.05, 0.1) is 11.6 Å². The molecule has 1 fully saturated rings. The molecule has 0 spiro atoms. The molecule has 1 saturated carbocycles. The van der Waals surface area contributed by atoms with Crippen LogP contribution in [-0.2, 0) is 0 Å². The van der Waals surface area contributed by atoms with Crippen LogP contribution < -0.4 is 0 Å². The van der Waals surface area contributed by atoms with Crippen LogP contribution in [0.2, 0.25) is 0 Å². The highest BCUT2D eigenvalue weighted by molar-refractivity contribution is 6.19. The molecule has 1 aromatic rings. The van der Waals surface area contributed by atoms with Crippen LogP contribution in [0.15, 0.2) is 30.0 Å². The van der Waals surface area contributed by atoms with Gasteiger partial charge < -0.3 is 10.3 Å². The number of hydroxylamine groups is 2. The first-order valence-corrected chi connectivity index (χ1v) is 7.01. The number of hydrogen-bond acceptors (Lipinski definition) is 4. The molecule has 0 N–H and O–H groups in total. The highest BCUT2D eigenvalue weighted by Gasteiger charge is 2.52. The molecule has 0 bridgehead atoms. The number of nitroso groups, excluding NO2 is 1. The van der Waals surface area contributed by atoms with Gasteiger partial charge >= 0.3 is 0 Å². The molecule has 0 unspecified atom stereocenters. The Kier molecular flexibility index (Phi) is 2.35. The maximum Gasteiger partial charge on any atom is 0.290 e. The summed E-state index contributed by atoms with van der Waals surface area (Å²) in [7, 11) is 0. The van der Waals surface area contributed by atoms with E-state index >= 15 is 0 Å². The van der Waals surface area contributed by atoms with Gasteiger partial charge in [0.15, 0.2) is 5.70 Å². The molecule has 0 radical (unpaired) electrons. The summed E-state index contributed by atoms with van der Waals surface area (Å²) in [6.07, 6.45) is 3.32. The summed E-state index contributed by atoms with van der Waals surface area (Å²) in [6.45, 7) is 0. The summed E-state index contributed by atoms with van der Waals surface area (Å²) < 4.78 is 0.928. The highest BCUT2D eigenvalue weighted by Crippen LogP contribution is 2.43. The second-order valence-corrected chi connectivity index (χ2v) is 5.64. The van der Waals surface area contributed by atoms with Crippen LogP contribution in [0.25, 0.3) is 5.70 Å². The minimum atomic E-state index is -0.377. The Hall–Kier alpha value is -2.01. The van der Waals surface area contributed by atoms with Crippen LogP contribution in [-0.4, -0.2) is 27.7 Å². The molecule has 0 aromatic heterocycles. The van der Waals surface area contributed by atoms with Crippen LogP contribution in [0.4, 0.5) is 0 Å². The number of ketones is 1. The maximum absolute atomic E-state index is 12.6. The minimum Gasteiger partial charge on any atom is -0.758 e. The Labute approximate surface area is 116 Å². The number of carbonyl (C=O) groups is 1. The first-order chi connectivity index (χ1) is 9.70. The fraction of sp³-hybridized carbons (Fsp3) is 0.400. The van der Waals surface area contributed by atoms with Crippen LogP contribution >= 0.6 is 0 Å². The first kappa shape index (κ1) is 11.8. The molecule has 2 atom stereocenters. The Morgan fingerprint density at radius 2 is 1.85 bits per heavy atom. The molecule has 1 heterocycles. The predicted octanol–water partition coefficient (Wildman–Crippen LogP) is 2.46. The third-order valence-corrected chi connectivity index (χ3v) is 4.60. The van der Waals surface area contributed by atoms with Crippen molar-refractivity contribution in [3.05, 3.63) is 51.2 Å². The van der Waals surface area contributed by atoms with Crippen LogP contribution in [0.3, 0.4) is 0 Å². The zero-order valence-corrected chi connectivity index (χ0v) is 10.9. The molecule has 5 nitrogen and oxygen atoms in total. The molecular formula is C15H14N2O3. The second-order valence-electron chi connectivity index (χ2n) is 5.64. The zero-order valence-electron chi connectivity index (χ0n) is 10.9. The quantitative estimate of drug-likeness (QED) is 0.679. The summed E-state index contributed by atoms with van der Waals surface area (Å²) in [5.41, 5.74) is 1.40. The van der Waals surface area contributed by atoms with E-state index in [2.05, 4.69) is 0 Å². The third kappa shape index (κ3) is 1.33. The van der Waals surface area contributed by atoms with Crippen molar-refractivity contribution in [1.82, 2.24) is 5.06 Å². The van der Waals surface area contributed by atoms with E-state index in [1.807, 2.05) is 0 Å². The van der Waals surface area contributed by atoms with E-state index < -0.39 is 0 Å². The number of fused-ring (bicyclic) bond motifs is 3. The van der Waals surface area contributed by atoms with Crippen molar-refractivity contribution in [2.75, 3.05) is 0 Å². The summed E-state index contributed by atoms with van der Waals surface area (Å²) in [4.78, 5) is 25.0. The van der Waals surface area contributed by atoms with Crippen molar-refractivity contribution >= 4 is 11.5 Å². The van der Waals surface area contributed by atoms with E-state index in [9.17, 15) is 14.9 Å². The van der Waals surface area contributed by atoms with Gasteiger partial charge in [-0.3, -0.25) is 4.79 Å². The number of nitrogens with zero attached hydrogens (tertiary/aromatic N) is 2. The van der Waals surface area contributed by atoms with Crippen molar-refractivity contribution in [1.29, 1.82) is 0 Å². The van der Waals surface area contributed by atoms with Crippen LogP contribution in [0, 0.1) is 10.1 Å². The van der Waals surface area contributed by atoms with Gasteiger partial charge in [-0.15, -0.1) is 0 Å². The highest BCUT2D eigenvalue weighted by atomic mass is 16.5. The molecule has 0 amide bonds. The lowest BCUT2D eigenvalue weighted by atomic mass is 9.87. The van der Waals surface area contributed by atoms with E-state index in [4.69, 9.17) is 0 Å². The number of benzene rings is 1. The van der Waals surface area contributed by atoms with Crippen molar-refractivity contribution in [2.24, 2.45) is 0 Å². The third-order valence-electron chi connectivity index (χ3n) is 4.60. The normalized spacial score (nSPS) is 28.4. The van der Waals surface area contributed by atoms with Crippen molar-refractivity contribution < 1.29 is 9.55 Å². The molecule has 3 aliphatic rings. The van der Waals surface area contributed by atoms with Crippen molar-refractivity contribution in [3.63, 3.8) is 0 Å². The zero-order chi connectivity index (χ0) is 13.9. The summed E-state index contributed by atoms with van der Waals surface area (Å²) in [5, 5.41) is 13.4. The standard InChI is InChI=1S/C15H14N2O3/c18-15-10-6-2-1-5-9(10)13-14(15)17(20)12-8-4-3-7-11(12)16(13)19/h1-2,5-6,11-12H,3-4,7-8H2/t11-,12-/m0/s1. The van der Waals surface area contributed by atoms with E-state index in [-0.39, 0.29) is 29.3 Å². The molecule has 102 valence electrons. The molecule has 4 rings (SSSR count). The predicted molar refractivity (Wildman–Crippen MR) is 72.6 cm³/mol. The van der Waals surface area contributed by atoms with Gasteiger partial charge in [-0.25, -0.2) is 0 Å². The number of allylic oxidation sites excluding steroid dienone is 1. The molecule has 5 heteroatoms. The number of Topliss-reactive ketones (excluding diaryl/α,β-unsaturated/α-hetero) is 1. The van der Waals surface area contributed by atoms with Crippen LogP contribution in [0.1, 0.15) is 41.6 Å². The molecular weight excluding hydrogens is 256 g/mol. The largest absolute Gasteiger partial charge is 0.758 e. The molecule has 20 heavy (non-hydrogen) atoms. The number of carbonyl (C=O) groups excluding carboxylic acids is 1. The fourth-order valence-electron chi connectivity index (χ4n) is 3.65. The lowest BCUT2D eigenvalue weighted by Crippen LogP contribution is -2.51. The number of rotatable bonds is 0. The molecule has 1 aromatic carbocycles. The van der Waals surface area contributed by atoms with E-state index in [1.165, 1.54) is 0 Å². The lowest BCUT2D eigenvalue weighted by molar-refractivity contribution is -0.516. The van der Waals surface area contributed by atoms with Gasteiger partial charge in [-0.05, 0) is 18.9 Å². The Morgan fingerprint density at radius 3 is 2.65 bits per heavy atom. The van der Waals surface area contributed by atoms with Crippen molar-refractivity contribution in [3.8, 4) is 0 Å². The van der Waals surface area contributed by atoms with E-state index in [0.717, 1.165) is 29.1 Å². The van der Waals surface area contributed by atoms with Gasteiger partial charge in [0, 0.05) is 21.7 Å². The second kappa shape index (κ2) is 3.99.